The van der Waals surface area contributed by atoms with Crippen molar-refractivity contribution in [2.45, 2.75) is 61.0 Å². The molecular formula is C14H26O. The van der Waals surface area contributed by atoms with Crippen LogP contribution in [0.15, 0.2) is 11.6 Å². The number of aliphatic hydroxyl groups is 1. The molecule has 0 unspecified atom stereocenters. The Balaban J connectivity index is 3.18. The molecule has 15 heavy (non-hydrogen) atoms. The molecule has 1 aliphatic carbocycles. The highest BCUT2D eigenvalue weighted by molar-refractivity contribution is 5.46. The maximum atomic E-state index is 11.1. The number of hydrogen-bond acceptors (Lipinski definition) is 1. The maximum absolute atomic E-state index is 11.1. The van der Waals surface area contributed by atoms with Crippen molar-refractivity contribution in [2.24, 2.45) is 16.2 Å². The lowest BCUT2D eigenvalue weighted by Crippen LogP contribution is -2.53. The van der Waals surface area contributed by atoms with Crippen LogP contribution in [0.25, 0.3) is 0 Å². The van der Waals surface area contributed by atoms with Crippen LogP contribution in [0.3, 0.4) is 0 Å². The third-order valence-electron chi connectivity index (χ3n) is 3.68. The fourth-order valence-electron chi connectivity index (χ4n) is 2.83. The number of rotatable bonds is 1. The third-order valence-corrected chi connectivity index (χ3v) is 3.68. The molecule has 1 nitrogen and oxygen atoms in total. The minimum absolute atomic E-state index is 0.106. The Hall–Kier alpha value is -0.300. The Bertz CT molecular complexity index is 280. The second-order valence-electron chi connectivity index (χ2n) is 7.49. The van der Waals surface area contributed by atoms with E-state index in [0.717, 1.165) is 0 Å². The van der Waals surface area contributed by atoms with Crippen LogP contribution in [-0.2, 0) is 0 Å². The van der Waals surface area contributed by atoms with Crippen molar-refractivity contribution in [2.75, 3.05) is 0 Å². The topological polar surface area (TPSA) is 20.2 Å². The predicted octanol–water partition coefficient (Wildman–Crippen LogP) is 3.78. The molecule has 1 aliphatic rings. The van der Waals surface area contributed by atoms with Gasteiger partial charge in [-0.15, -0.1) is 0 Å². The van der Waals surface area contributed by atoms with Crippen molar-refractivity contribution in [1.82, 2.24) is 0 Å². The molecule has 0 aliphatic heterocycles. The standard InChI is InChI=1S/C14H26O/c1-11(2,3)14(15,12(4,5)6)10-9-13(10,7)8/h9,15H,1-8H3. The van der Waals surface area contributed by atoms with Crippen LogP contribution >= 0.6 is 0 Å². The molecule has 0 spiro atoms. The molecule has 0 bridgehead atoms. The van der Waals surface area contributed by atoms with Crippen LogP contribution in [0.1, 0.15) is 55.4 Å². The lowest BCUT2D eigenvalue weighted by atomic mass is 9.60. The van der Waals surface area contributed by atoms with Gasteiger partial charge in [-0.1, -0.05) is 61.5 Å². The van der Waals surface area contributed by atoms with Crippen molar-refractivity contribution in [3.63, 3.8) is 0 Å². The molecule has 88 valence electrons. The number of allylic oxidation sites excluding steroid dienone is 1. The summed E-state index contributed by atoms with van der Waals surface area (Å²) in [5, 5.41) is 11.1. The van der Waals surface area contributed by atoms with E-state index in [4.69, 9.17) is 0 Å². The molecule has 0 aromatic carbocycles. The zero-order chi connectivity index (χ0) is 12.3. The summed E-state index contributed by atoms with van der Waals surface area (Å²) in [5.74, 6) is 0. The van der Waals surface area contributed by atoms with Gasteiger partial charge in [0.05, 0.1) is 5.60 Å². The van der Waals surface area contributed by atoms with Gasteiger partial charge in [-0.05, 0) is 16.4 Å². The van der Waals surface area contributed by atoms with Crippen LogP contribution in [0.4, 0.5) is 0 Å². The molecule has 1 rings (SSSR count). The smallest absolute Gasteiger partial charge is 0.0961 e. The fraction of sp³-hybridized carbons (Fsp3) is 0.857. The van der Waals surface area contributed by atoms with E-state index in [1.54, 1.807) is 0 Å². The summed E-state index contributed by atoms with van der Waals surface area (Å²) in [6.07, 6.45) is 2.20. The van der Waals surface area contributed by atoms with Gasteiger partial charge in [-0.2, -0.15) is 0 Å². The van der Waals surface area contributed by atoms with Crippen molar-refractivity contribution in [3.05, 3.63) is 11.6 Å². The van der Waals surface area contributed by atoms with E-state index < -0.39 is 5.60 Å². The van der Waals surface area contributed by atoms with E-state index in [0.29, 0.717) is 0 Å². The van der Waals surface area contributed by atoms with Crippen LogP contribution in [0, 0.1) is 16.2 Å². The molecule has 0 aromatic heterocycles. The Morgan fingerprint density at radius 3 is 1.27 bits per heavy atom. The average molecular weight is 210 g/mol. The van der Waals surface area contributed by atoms with Crippen molar-refractivity contribution < 1.29 is 5.11 Å². The van der Waals surface area contributed by atoms with Gasteiger partial charge in [-0.25, -0.2) is 0 Å². The van der Waals surface area contributed by atoms with Gasteiger partial charge < -0.3 is 5.11 Å². The molecule has 0 saturated carbocycles. The summed E-state index contributed by atoms with van der Waals surface area (Å²) >= 11 is 0. The van der Waals surface area contributed by atoms with E-state index in [9.17, 15) is 5.11 Å². The molecule has 0 saturated heterocycles. The van der Waals surface area contributed by atoms with E-state index in [-0.39, 0.29) is 16.2 Å². The van der Waals surface area contributed by atoms with Gasteiger partial charge in [0.1, 0.15) is 0 Å². The van der Waals surface area contributed by atoms with E-state index in [1.165, 1.54) is 5.57 Å². The summed E-state index contributed by atoms with van der Waals surface area (Å²) in [6.45, 7) is 17.1. The second-order valence-corrected chi connectivity index (χ2v) is 7.49. The van der Waals surface area contributed by atoms with Crippen molar-refractivity contribution in [3.8, 4) is 0 Å². The zero-order valence-corrected chi connectivity index (χ0v) is 11.5. The van der Waals surface area contributed by atoms with E-state index in [1.807, 2.05) is 0 Å². The molecular weight excluding hydrogens is 184 g/mol. The van der Waals surface area contributed by atoms with Crippen LogP contribution in [0.5, 0.6) is 0 Å². The first-order valence-electron chi connectivity index (χ1n) is 5.80. The SMILES string of the molecule is CC1(C)C=C1C(O)(C(C)(C)C)C(C)(C)C. The van der Waals surface area contributed by atoms with Crippen LogP contribution < -0.4 is 0 Å². The molecule has 0 heterocycles. The normalized spacial score (nSPS) is 21.3. The summed E-state index contributed by atoms with van der Waals surface area (Å²) in [5.41, 5.74) is 0.323. The van der Waals surface area contributed by atoms with Gasteiger partial charge in [0, 0.05) is 5.41 Å². The molecule has 0 amide bonds. The molecule has 0 fully saturated rings. The Labute approximate surface area is 94.6 Å². The van der Waals surface area contributed by atoms with Crippen molar-refractivity contribution in [1.29, 1.82) is 0 Å². The monoisotopic (exact) mass is 210 g/mol. The fourth-order valence-corrected chi connectivity index (χ4v) is 2.83. The first-order valence-corrected chi connectivity index (χ1v) is 5.80. The van der Waals surface area contributed by atoms with Crippen LogP contribution in [0.2, 0.25) is 0 Å². The first kappa shape index (κ1) is 12.8. The lowest BCUT2D eigenvalue weighted by molar-refractivity contribution is -0.106. The summed E-state index contributed by atoms with van der Waals surface area (Å²) in [4.78, 5) is 0. The molecule has 0 atom stereocenters. The zero-order valence-electron chi connectivity index (χ0n) is 11.5. The highest BCUT2D eigenvalue weighted by Crippen LogP contribution is 2.60. The summed E-state index contributed by atoms with van der Waals surface area (Å²) < 4.78 is 0. The minimum Gasteiger partial charge on any atom is -0.384 e. The first-order chi connectivity index (χ1) is 6.34. The molecule has 0 radical (unpaired) electrons. The highest BCUT2D eigenvalue weighted by atomic mass is 16.3. The highest BCUT2D eigenvalue weighted by Gasteiger charge is 2.59. The predicted molar refractivity (Wildman–Crippen MR) is 65.7 cm³/mol. The van der Waals surface area contributed by atoms with E-state index >= 15 is 0 Å². The number of hydrogen-bond donors (Lipinski definition) is 1. The Kier molecular flexibility index (Phi) is 2.45. The Morgan fingerprint density at radius 2 is 1.20 bits per heavy atom. The lowest BCUT2D eigenvalue weighted by Gasteiger charge is -2.50. The van der Waals surface area contributed by atoms with Gasteiger partial charge in [0.25, 0.3) is 0 Å². The Morgan fingerprint density at radius 1 is 0.933 bits per heavy atom. The summed E-state index contributed by atoms with van der Waals surface area (Å²) in [7, 11) is 0. The van der Waals surface area contributed by atoms with Crippen molar-refractivity contribution >= 4 is 0 Å². The maximum Gasteiger partial charge on any atom is 0.0961 e. The molecule has 0 aromatic rings. The van der Waals surface area contributed by atoms with Crippen LogP contribution in [-0.4, -0.2) is 10.7 Å². The van der Waals surface area contributed by atoms with Gasteiger partial charge in [0.15, 0.2) is 0 Å². The minimum atomic E-state index is -0.719. The molecule has 1 N–H and O–H groups in total. The van der Waals surface area contributed by atoms with Gasteiger partial charge >= 0.3 is 0 Å². The van der Waals surface area contributed by atoms with Gasteiger partial charge in [0.2, 0.25) is 0 Å². The van der Waals surface area contributed by atoms with Gasteiger partial charge in [-0.3, -0.25) is 0 Å². The quantitative estimate of drug-likeness (QED) is 0.653. The average Bonchev–Trinajstić information content (AvgIpc) is 2.53. The van der Waals surface area contributed by atoms with E-state index in [2.05, 4.69) is 61.5 Å². The molecule has 1 heteroatoms. The summed E-state index contributed by atoms with van der Waals surface area (Å²) in [6, 6.07) is 0. The largest absolute Gasteiger partial charge is 0.384 e. The second kappa shape index (κ2) is 2.88. The third kappa shape index (κ3) is 1.75.